The van der Waals surface area contributed by atoms with Crippen molar-refractivity contribution in [3.63, 3.8) is 0 Å². The van der Waals surface area contributed by atoms with Crippen LogP contribution in [0.25, 0.3) is 0 Å². The van der Waals surface area contributed by atoms with Gasteiger partial charge in [-0.1, -0.05) is 24.6 Å². The van der Waals surface area contributed by atoms with E-state index >= 15 is 0 Å². The Bertz CT molecular complexity index is 401. The van der Waals surface area contributed by atoms with Crippen molar-refractivity contribution in [1.82, 2.24) is 10.2 Å². The van der Waals surface area contributed by atoms with E-state index in [2.05, 4.69) is 22.5 Å². The molecule has 1 fully saturated rings. The number of nitrogens with one attached hydrogen (secondary N) is 2. The molecule has 1 amide bonds. The largest absolute Gasteiger partial charge is 0.325 e. The molecular formula is C16H25N3O. The summed E-state index contributed by atoms with van der Waals surface area (Å²) in [4.78, 5) is 14.3. The van der Waals surface area contributed by atoms with Gasteiger partial charge in [-0.05, 0) is 45.0 Å². The highest BCUT2D eigenvalue weighted by molar-refractivity contribution is 5.92. The van der Waals surface area contributed by atoms with Gasteiger partial charge in [-0.2, -0.15) is 0 Å². The number of para-hydroxylation sites is 1. The molecule has 20 heavy (non-hydrogen) atoms. The Balaban J connectivity index is 1.64. The standard InChI is InChI=1S/C16H25N3O/c1-14(13-19-10-6-3-7-11-19)17-12-16(20)18-15-8-4-2-5-9-15/h2,4-5,8-9,14,17H,3,6-7,10-13H2,1H3,(H,18,20). The first-order chi connectivity index (χ1) is 9.74. The first-order valence-electron chi connectivity index (χ1n) is 7.54. The Hall–Kier alpha value is -1.39. The van der Waals surface area contributed by atoms with E-state index in [1.165, 1.54) is 32.4 Å². The number of hydrogen-bond donors (Lipinski definition) is 2. The molecule has 4 nitrogen and oxygen atoms in total. The van der Waals surface area contributed by atoms with Gasteiger partial charge < -0.3 is 15.5 Å². The molecule has 1 saturated heterocycles. The number of amides is 1. The van der Waals surface area contributed by atoms with Crippen LogP contribution in [0.5, 0.6) is 0 Å². The monoisotopic (exact) mass is 275 g/mol. The lowest BCUT2D eigenvalue weighted by Crippen LogP contribution is -2.43. The summed E-state index contributed by atoms with van der Waals surface area (Å²) in [5.74, 6) is 0.0155. The Morgan fingerprint density at radius 3 is 2.60 bits per heavy atom. The summed E-state index contributed by atoms with van der Waals surface area (Å²) < 4.78 is 0. The maximum Gasteiger partial charge on any atom is 0.238 e. The first-order valence-corrected chi connectivity index (χ1v) is 7.54. The molecule has 2 N–H and O–H groups in total. The second kappa shape index (κ2) is 8.02. The molecule has 1 unspecified atom stereocenters. The van der Waals surface area contributed by atoms with Crippen LogP contribution in [0.15, 0.2) is 30.3 Å². The van der Waals surface area contributed by atoms with Crippen molar-refractivity contribution in [3.8, 4) is 0 Å². The number of rotatable bonds is 6. The van der Waals surface area contributed by atoms with Crippen molar-refractivity contribution in [2.45, 2.75) is 32.2 Å². The Morgan fingerprint density at radius 1 is 1.20 bits per heavy atom. The number of hydrogen-bond acceptors (Lipinski definition) is 3. The Morgan fingerprint density at radius 2 is 1.90 bits per heavy atom. The van der Waals surface area contributed by atoms with Crippen LogP contribution in [-0.4, -0.2) is 43.0 Å². The SMILES string of the molecule is CC(CN1CCCCC1)NCC(=O)Nc1ccccc1. The number of piperidine rings is 1. The first kappa shape index (κ1) is 15.0. The van der Waals surface area contributed by atoms with Crippen molar-refractivity contribution in [1.29, 1.82) is 0 Å². The lowest BCUT2D eigenvalue weighted by Gasteiger charge is -2.29. The van der Waals surface area contributed by atoms with Gasteiger partial charge in [-0.15, -0.1) is 0 Å². The fourth-order valence-electron chi connectivity index (χ4n) is 2.59. The molecular weight excluding hydrogens is 250 g/mol. The van der Waals surface area contributed by atoms with Crippen LogP contribution in [0.4, 0.5) is 5.69 Å². The molecule has 1 heterocycles. The van der Waals surface area contributed by atoms with Crippen molar-refractivity contribution < 1.29 is 4.79 Å². The van der Waals surface area contributed by atoms with Gasteiger partial charge in [0, 0.05) is 18.3 Å². The summed E-state index contributed by atoms with van der Waals surface area (Å²) in [6.45, 7) is 5.93. The zero-order valence-electron chi connectivity index (χ0n) is 12.3. The van der Waals surface area contributed by atoms with Crippen LogP contribution in [0, 0.1) is 0 Å². The quantitative estimate of drug-likeness (QED) is 0.835. The molecule has 1 aliphatic heterocycles. The maximum absolute atomic E-state index is 11.8. The Kier molecular flexibility index (Phi) is 6.02. The molecule has 2 rings (SSSR count). The number of carbonyl (C=O) groups is 1. The van der Waals surface area contributed by atoms with Crippen LogP contribution < -0.4 is 10.6 Å². The zero-order chi connectivity index (χ0) is 14.2. The van der Waals surface area contributed by atoms with Crippen molar-refractivity contribution in [3.05, 3.63) is 30.3 Å². The summed E-state index contributed by atoms with van der Waals surface area (Å²) in [6, 6.07) is 9.91. The van der Waals surface area contributed by atoms with Gasteiger partial charge in [0.15, 0.2) is 0 Å². The molecule has 1 aromatic rings. The van der Waals surface area contributed by atoms with E-state index in [4.69, 9.17) is 0 Å². The second-order valence-corrected chi connectivity index (χ2v) is 5.56. The fourth-order valence-corrected chi connectivity index (χ4v) is 2.59. The highest BCUT2D eigenvalue weighted by atomic mass is 16.1. The molecule has 0 aliphatic carbocycles. The summed E-state index contributed by atoms with van der Waals surface area (Å²) in [6.07, 6.45) is 3.97. The third-order valence-corrected chi connectivity index (χ3v) is 3.65. The molecule has 0 radical (unpaired) electrons. The third kappa shape index (κ3) is 5.31. The van der Waals surface area contributed by atoms with Crippen molar-refractivity contribution in [2.24, 2.45) is 0 Å². The van der Waals surface area contributed by atoms with Crippen LogP contribution >= 0.6 is 0 Å². The summed E-state index contributed by atoms with van der Waals surface area (Å²) in [5, 5.41) is 6.18. The number of nitrogens with zero attached hydrogens (tertiary/aromatic N) is 1. The highest BCUT2D eigenvalue weighted by Crippen LogP contribution is 2.08. The fraction of sp³-hybridized carbons (Fsp3) is 0.562. The van der Waals surface area contributed by atoms with E-state index in [0.717, 1.165) is 12.2 Å². The number of carbonyl (C=O) groups excluding carboxylic acids is 1. The van der Waals surface area contributed by atoms with Gasteiger partial charge in [0.2, 0.25) is 5.91 Å². The number of anilines is 1. The van der Waals surface area contributed by atoms with Gasteiger partial charge in [-0.25, -0.2) is 0 Å². The minimum Gasteiger partial charge on any atom is -0.325 e. The summed E-state index contributed by atoms with van der Waals surface area (Å²) >= 11 is 0. The molecule has 1 aromatic carbocycles. The number of likely N-dealkylation sites (tertiary alicyclic amines) is 1. The normalized spacial score (nSPS) is 17.6. The molecule has 4 heteroatoms. The molecule has 0 aromatic heterocycles. The zero-order valence-corrected chi connectivity index (χ0v) is 12.3. The lowest BCUT2D eigenvalue weighted by molar-refractivity contribution is -0.115. The van der Waals surface area contributed by atoms with Gasteiger partial charge in [0.25, 0.3) is 0 Å². The highest BCUT2D eigenvalue weighted by Gasteiger charge is 2.13. The maximum atomic E-state index is 11.8. The van der Waals surface area contributed by atoms with E-state index < -0.39 is 0 Å². The van der Waals surface area contributed by atoms with Crippen molar-refractivity contribution >= 4 is 11.6 Å². The lowest BCUT2D eigenvalue weighted by atomic mass is 10.1. The summed E-state index contributed by atoms with van der Waals surface area (Å²) in [5.41, 5.74) is 0.850. The van der Waals surface area contributed by atoms with Gasteiger partial charge in [0.1, 0.15) is 0 Å². The van der Waals surface area contributed by atoms with E-state index in [-0.39, 0.29) is 5.91 Å². The average molecular weight is 275 g/mol. The van der Waals surface area contributed by atoms with E-state index in [0.29, 0.717) is 12.6 Å². The van der Waals surface area contributed by atoms with Crippen LogP contribution in [0.1, 0.15) is 26.2 Å². The Labute approximate surface area is 121 Å². The third-order valence-electron chi connectivity index (χ3n) is 3.65. The topological polar surface area (TPSA) is 44.4 Å². The minimum atomic E-state index is 0.0155. The average Bonchev–Trinajstić information content (AvgIpc) is 2.47. The molecule has 0 saturated carbocycles. The van der Waals surface area contributed by atoms with Crippen LogP contribution in [0.2, 0.25) is 0 Å². The van der Waals surface area contributed by atoms with Gasteiger partial charge >= 0.3 is 0 Å². The second-order valence-electron chi connectivity index (χ2n) is 5.56. The minimum absolute atomic E-state index is 0.0155. The molecule has 0 bridgehead atoms. The van der Waals surface area contributed by atoms with Crippen LogP contribution in [-0.2, 0) is 4.79 Å². The number of benzene rings is 1. The summed E-state index contributed by atoms with van der Waals surface area (Å²) in [7, 11) is 0. The van der Waals surface area contributed by atoms with E-state index in [1.807, 2.05) is 30.3 Å². The van der Waals surface area contributed by atoms with Gasteiger partial charge in [0.05, 0.1) is 6.54 Å². The molecule has 1 aliphatic rings. The van der Waals surface area contributed by atoms with Crippen LogP contribution in [0.3, 0.4) is 0 Å². The van der Waals surface area contributed by atoms with E-state index in [1.54, 1.807) is 0 Å². The van der Waals surface area contributed by atoms with Crippen molar-refractivity contribution in [2.75, 3.05) is 31.5 Å². The predicted octanol–water partition coefficient (Wildman–Crippen LogP) is 2.09. The molecule has 1 atom stereocenters. The molecule has 110 valence electrons. The smallest absolute Gasteiger partial charge is 0.238 e. The molecule has 0 spiro atoms. The van der Waals surface area contributed by atoms with Gasteiger partial charge in [-0.3, -0.25) is 4.79 Å². The predicted molar refractivity (Wildman–Crippen MR) is 82.8 cm³/mol. The van der Waals surface area contributed by atoms with E-state index in [9.17, 15) is 4.79 Å².